The molecule has 3 N–H and O–H groups in total. The minimum Gasteiger partial charge on any atom is -0.444 e. The van der Waals surface area contributed by atoms with E-state index in [1.54, 1.807) is 39.0 Å². The number of halogens is 1. The van der Waals surface area contributed by atoms with Crippen LogP contribution in [0.25, 0.3) is 0 Å². The smallest absolute Gasteiger partial charge is 0.412 e. The Morgan fingerprint density at radius 1 is 0.971 bits per heavy atom. The van der Waals surface area contributed by atoms with Gasteiger partial charge in [0.2, 0.25) is 0 Å². The average molecular weight is 477 g/mol. The number of anilines is 3. The molecule has 182 valence electrons. The monoisotopic (exact) mass is 476 g/mol. The van der Waals surface area contributed by atoms with E-state index >= 15 is 0 Å². The van der Waals surface area contributed by atoms with Crippen LogP contribution in [0.5, 0.6) is 0 Å². The molecule has 0 unspecified atom stereocenters. The first-order valence-corrected chi connectivity index (χ1v) is 11.4. The minimum absolute atomic E-state index is 0.106. The molecule has 1 aliphatic rings. The van der Waals surface area contributed by atoms with Gasteiger partial charge in [-0.15, -0.1) is 0 Å². The van der Waals surface area contributed by atoms with Crippen molar-refractivity contribution in [1.29, 1.82) is 0 Å². The number of hydrogen-bond donors (Lipinski definition) is 3. The van der Waals surface area contributed by atoms with Crippen LogP contribution in [0.4, 0.5) is 26.4 Å². The lowest BCUT2D eigenvalue weighted by Gasteiger charge is -2.25. The molecule has 2 amide bonds. The van der Waals surface area contributed by atoms with Gasteiger partial charge in [-0.3, -0.25) is 10.1 Å². The summed E-state index contributed by atoms with van der Waals surface area (Å²) in [6.07, 6.45) is 0.753. The summed E-state index contributed by atoms with van der Waals surface area (Å²) in [5, 5.41) is 8.75. The second kappa shape index (κ2) is 9.37. The van der Waals surface area contributed by atoms with E-state index in [0.29, 0.717) is 24.2 Å². The molecule has 0 radical (unpaired) electrons. The van der Waals surface area contributed by atoms with Gasteiger partial charge in [0.25, 0.3) is 5.91 Å². The highest BCUT2D eigenvalue weighted by molar-refractivity contribution is 5.96. The van der Waals surface area contributed by atoms with Crippen LogP contribution in [0.15, 0.2) is 60.7 Å². The molecule has 4 rings (SSSR count). The van der Waals surface area contributed by atoms with Gasteiger partial charge in [0.1, 0.15) is 22.9 Å². The Balaban J connectivity index is 1.59. The normalized spacial score (nSPS) is 14.1. The molecule has 8 heteroatoms. The summed E-state index contributed by atoms with van der Waals surface area (Å²) in [4.78, 5) is 30.1. The van der Waals surface area contributed by atoms with Gasteiger partial charge in [0.15, 0.2) is 0 Å². The van der Waals surface area contributed by atoms with Gasteiger partial charge in [-0.05, 0) is 75.9 Å². The zero-order valence-electron chi connectivity index (χ0n) is 20.2. The van der Waals surface area contributed by atoms with Gasteiger partial charge in [0.05, 0.1) is 5.69 Å². The maximum absolute atomic E-state index is 13.7. The molecule has 0 aliphatic heterocycles. The van der Waals surface area contributed by atoms with Crippen molar-refractivity contribution < 1.29 is 18.7 Å². The Bertz CT molecular complexity index is 1240. The summed E-state index contributed by atoms with van der Waals surface area (Å²) in [6.45, 7) is 7.28. The summed E-state index contributed by atoms with van der Waals surface area (Å²) in [6, 6.07) is 17.0. The Kier molecular flexibility index (Phi) is 6.47. The molecular formula is C27H29FN4O3. The summed E-state index contributed by atoms with van der Waals surface area (Å²) in [5.74, 6) is -0.519. The summed E-state index contributed by atoms with van der Waals surface area (Å²) < 4.78 is 19.0. The molecule has 0 saturated heterocycles. The van der Waals surface area contributed by atoms with Crippen molar-refractivity contribution >= 4 is 29.2 Å². The lowest BCUT2D eigenvalue weighted by Crippen LogP contribution is -2.47. The summed E-state index contributed by atoms with van der Waals surface area (Å²) in [7, 11) is 0. The van der Waals surface area contributed by atoms with E-state index in [9.17, 15) is 14.0 Å². The van der Waals surface area contributed by atoms with Crippen LogP contribution < -0.4 is 16.0 Å². The Hall–Kier alpha value is -3.94. The number of amides is 2. The molecule has 3 aromatic rings. The number of nitrogens with one attached hydrogen (secondary N) is 3. The molecule has 1 heterocycles. The fourth-order valence-electron chi connectivity index (χ4n) is 4.15. The van der Waals surface area contributed by atoms with E-state index in [-0.39, 0.29) is 17.4 Å². The molecular weight excluding hydrogens is 447 g/mol. The second-order valence-electron chi connectivity index (χ2n) is 10.0. The third-order valence-corrected chi connectivity index (χ3v) is 5.50. The number of carbonyl (C=O) groups is 2. The highest BCUT2D eigenvalue weighted by Gasteiger charge is 2.34. The number of pyridine rings is 1. The Morgan fingerprint density at radius 3 is 2.29 bits per heavy atom. The zero-order chi connectivity index (χ0) is 25.2. The van der Waals surface area contributed by atoms with Crippen LogP contribution in [-0.2, 0) is 17.6 Å². The first-order valence-electron chi connectivity index (χ1n) is 11.4. The van der Waals surface area contributed by atoms with Gasteiger partial charge in [-0.2, -0.15) is 0 Å². The van der Waals surface area contributed by atoms with Crippen molar-refractivity contribution in [3.05, 3.63) is 83.3 Å². The van der Waals surface area contributed by atoms with Crippen molar-refractivity contribution in [2.45, 2.75) is 51.7 Å². The fraction of sp³-hybridized carbons (Fsp3) is 0.296. The number of nitrogens with zero attached hydrogens (tertiary/aromatic N) is 1. The van der Waals surface area contributed by atoms with Crippen molar-refractivity contribution in [1.82, 2.24) is 10.3 Å². The van der Waals surface area contributed by atoms with Gasteiger partial charge >= 0.3 is 6.09 Å². The highest BCUT2D eigenvalue weighted by atomic mass is 19.1. The molecule has 2 aromatic carbocycles. The van der Waals surface area contributed by atoms with Crippen LogP contribution in [0.3, 0.4) is 0 Å². The van der Waals surface area contributed by atoms with E-state index in [0.717, 1.165) is 0 Å². The van der Waals surface area contributed by atoms with Gasteiger partial charge in [-0.1, -0.05) is 30.3 Å². The van der Waals surface area contributed by atoms with Crippen LogP contribution in [0.2, 0.25) is 0 Å². The number of hydrogen-bond acceptors (Lipinski definition) is 5. The van der Waals surface area contributed by atoms with Gasteiger partial charge in [-0.25, -0.2) is 14.2 Å². The van der Waals surface area contributed by atoms with Gasteiger partial charge in [0, 0.05) is 17.3 Å². The molecule has 0 fully saturated rings. The number of carbonyl (C=O) groups excluding carboxylic acids is 2. The number of fused-ring (bicyclic) bond motifs is 1. The maximum atomic E-state index is 13.7. The number of benzene rings is 2. The van der Waals surface area contributed by atoms with Crippen molar-refractivity contribution in [2.24, 2.45) is 0 Å². The number of ether oxygens (including phenoxy) is 1. The largest absolute Gasteiger partial charge is 0.444 e. The van der Waals surface area contributed by atoms with E-state index in [2.05, 4.69) is 33.1 Å². The number of rotatable bonds is 5. The van der Waals surface area contributed by atoms with Crippen LogP contribution in [0.1, 0.15) is 49.3 Å². The third-order valence-electron chi connectivity index (χ3n) is 5.50. The first-order chi connectivity index (χ1) is 16.5. The average Bonchev–Trinajstić information content (AvgIpc) is 3.07. The van der Waals surface area contributed by atoms with Crippen molar-refractivity contribution in [3.8, 4) is 0 Å². The van der Waals surface area contributed by atoms with E-state index in [4.69, 9.17) is 4.74 Å². The molecule has 7 nitrogen and oxygen atoms in total. The van der Waals surface area contributed by atoms with Crippen LogP contribution in [-0.4, -0.2) is 28.1 Å². The zero-order valence-corrected chi connectivity index (χ0v) is 20.2. The van der Waals surface area contributed by atoms with E-state index in [1.807, 2.05) is 19.1 Å². The SMILES string of the molecule is CC1(NC(=O)c2cc(NC(=O)OC(C)(C)C)cc(Nc3cccc(F)c3)n2)Cc2ccccc2C1. The van der Waals surface area contributed by atoms with Crippen LogP contribution >= 0.6 is 0 Å². The molecule has 0 saturated carbocycles. The number of aromatic nitrogens is 1. The van der Waals surface area contributed by atoms with Crippen LogP contribution in [0, 0.1) is 5.82 Å². The minimum atomic E-state index is -0.688. The van der Waals surface area contributed by atoms with E-state index in [1.165, 1.54) is 29.3 Å². The quantitative estimate of drug-likeness (QED) is 0.446. The summed E-state index contributed by atoms with van der Waals surface area (Å²) >= 11 is 0. The third kappa shape index (κ3) is 6.35. The molecule has 1 aliphatic carbocycles. The molecule has 35 heavy (non-hydrogen) atoms. The highest BCUT2D eigenvalue weighted by Crippen LogP contribution is 2.30. The van der Waals surface area contributed by atoms with Gasteiger partial charge < -0.3 is 15.4 Å². The van der Waals surface area contributed by atoms with Crippen molar-refractivity contribution in [2.75, 3.05) is 10.6 Å². The lowest BCUT2D eigenvalue weighted by molar-refractivity contribution is 0.0635. The fourth-order valence-corrected chi connectivity index (χ4v) is 4.15. The predicted octanol–water partition coefficient (Wildman–Crippen LogP) is 5.60. The molecule has 0 bridgehead atoms. The Labute approximate surface area is 204 Å². The second-order valence-corrected chi connectivity index (χ2v) is 10.0. The maximum Gasteiger partial charge on any atom is 0.412 e. The predicted molar refractivity (Wildman–Crippen MR) is 133 cm³/mol. The molecule has 1 aromatic heterocycles. The molecule has 0 spiro atoms. The Morgan fingerprint density at radius 2 is 1.66 bits per heavy atom. The standard InChI is InChI=1S/C27H29FN4O3/c1-26(2,3)35-25(34)30-21-13-22(31-23(14-21)29-20-11-7-10-19(28)12-20)24(33)32-27(4)15-17-8-5-6-9-18(17)16-27/h5-14H,15-16H2,1-4H3,(H,32,33)(H2,29,30,31,34). The topological polar surface area (TPSA) is 92.4 Å². The van der Waals surface area contributed by atoms with Crippen molar-refractivity contribution in [3.63, 3.8) is 0 Å². The molecule has 0 atom stereocenters. The lowest BCUT2D eigenvalue weighted by atomic mass is 9.98. The first kappa shape index (κ1) is 24.2. The van der Waals surface area contributed by atoms with E-state index < -0.39 is 23.1 Å². The summed E-state index contributed by atoms with van der Waals surface area (Å²) in [5.41, 5.74) is 2.14.